The van der Waals surface area contributed by atoms with E-state index in [1.54, 1.807) is 26.4 Å². The number of benzene rings is 2. The second kappa shape index (κ2) is 5.52. The summed E-state index contributed by atoms with van der Waals surface area (Å²) in [5.41, 5.74) is 1.67. The van der Waals surface area contributed by atoms with Crippen LogP contribution in [0.15, 0.2) is 36.4 Å². The highest BCUT2D eigenvalue weighted by Gasteiger charge is 2.10. The summed E-state index contributed by atoms with van der Waals surface area (Å²) in [4.78, 5) is 0. The normalized spacial score (nSPS) is 10.1. The van der Waals surface area contributed by atoms with Gasteiger partial charge in [-0.2, -0.15) is 0 Å². The van der Waals surface area contributed by atoms with E-state index in [2.05, 4.69) is 0 Å². The van der Waals surface area contributed by atoms with Crippen molar-refractivity contribution in [3.8, 4) is 34.1 Å². The molecule has 0 bridgehead atoms. The predicted octanol–water partition coefficient (Wildman–Crippen LogP) is 3.09. The molecule has 0 unspecified atom stereocenters. The summed E-state index contributed by atoms with van der Waals surface area (Å²) >= 11 is 0. The van der Waals surface area contributed by atoms with Crippen LogP contribution in [0.25, 0.3) is 11.1 Å². The maximum absolute atomic E-state index is 9.85. The first-order valence-electron chi connectivity index (χ1n) is 5.79. The molecule has 4 heteroatoms. The highest BCUT2D eigenvalue weighted by atomic mass is 16.5. The van der Waals surface area contributed by atoms with Gasteiger partial charge in [-0.05, 0) is 35.9 Å². The van der Waals surface area contributed by atoms with Gasteiger partial charge in [0.15, 0.2) is 11.5 Å². The quantitative estimate of drug-likeness (QED) is 0.917. The van der Waals surface area contributed by atoms with Gasteiger partial charge in [0.2, 0.25) is 0 Å². The average Bonchev–Trinajstić information content (AvgIpc) is 2.46. The standard InChI is InChI=1S/C15H16O4/c1-17-11-5-7-14(18-2)12(9-11)10-4-6-15(19-3)13(16)8-10/h4-9,16H,1-3H3. The number of phenolic OH excluding ortho intramolecular Hbond substituents is 1. The lowest BCUT2D eigenvalue weighted by Crippen LogP contribution is -1.91. The predicted molar refractivity (Wildman–Crippen MR) is 73.2 cm³/mol. The highest BCUT2D eigenvalue weighted by Crippen LogP contribution is 2.37. The third kappa shape index (κ3) is 2.57. The lowest BCUT2D eigenvalue weighted by molar-refractivity contribution is 0.373. The molecule has 2 rings (SSSR count). The molecule has 0 amide bonds. The molecule has 0 aliphatic heterocycles. The first kappa shape index (κ1) is 13.1. The van der Waals surface area contributed by atoms with Crippen molar-refractivity contribution in [2.45, 2.75) is 0 Å². The SMILES string of the molecule is COc1ccc(OC)c(-c2ccc(OC)c(O)c2)c1. The van der Waals surface area contributed by atoms with Gasteiger partial charge in [0.25, 0.3) is 0 Å². The Hall–Kier alpha value is -2.36. The van der Waals surface area contributed by atoms with Gasteiger partial charge in [0.05, 0.1) is 21.3 Å². The van der Waals surface area contributed by atoms with Crippen molar-refractivity contribution in [2.75, 3.05) is 21.3 Å². The lowest BCUT2D eigenvalue weighted by Gasteiger charge is -2.12. The summed E-state index contributed by atoms with van der Waals surface area (Å²) in [6.07, 6.45) is 0. The Balaban J connectivity index is 2.53. The number of hydrogen-bond acceptors (Lipinski definition) is 4. The van der Waals surface area contributed by atoms with E-state index < -0.39 is 0 Å². The van der Waals surface area contributed by atoms with Crippen molar-refractivity contribution in [1.29, 1.82) is 0 Å². The fourth-order valence-electron chi connectivity index (χ4n) is 1.90. The molecular weight excluding hydrogens is 244 g/mol. The fourth-order valence-corrected chi connectivity index (χ4v) is 1.90. The Morgan fingerprint density at radius 1 is 0.789 bits per heavy atom. The number of phenols is 1. The number of rotatable bonds is 4. The molecule has 0 fully saturated rings. The lowest BCUT2D eigenvalue weighted by atomic mass is 10.0. The molecule has 100 valence electrons. The molecule has 4 nitrogen and oxygen atoms in total. The molecule has 0 aliphatic carbocycles. The summed E-state index contributed by atoms with van der Waals surface area (Å²) in [6.45, 7) is 0. The zero-order valence-corrected chi connectivity index (χ0v) is 11.1. The summed E-state index contributed by atoms with van der Waals surface area (Å²) in [5, 5.41) is 9.85. The van der Waals surface area contributed by atoms with E-state index in [9.17, 15) is 5.11 Å². The van der Waals surface area contributed by atoms with Gasteiger partial charge >= 0.3 is 0 Å². The number of aromatic hydroxyl groups is 1. The molecule has 0 saturated heterocycles. The molecule has 0 heterocycles. The van der Waals surface area contributed by atoms with Gasteiger partial charge in [0.1, 0.15) is 11.5 Å². The van der Waals surface area contributed by atoms with Crippen molar-refractivity contribution in [2.24, 2.45) is 0 Å². The molecule has 0 atom stereocenters. The van der Waals surface area contributed by atoms with Crippen molar-refractivity contribution < 1.29 is 19.3 Å². The molecule has 0 radical (unpaired) electrons. The Morgan fingerprint density at radius 3 is 2.05 bits per heavy atom. The monoisotopic (exact) mass is 260 g/mol. The first-order valence-corrected chi connectivity index (χ1v) is 5.79. The summed E-state index contributed by atoms with van der Waals surface area (Å²) < 4.78 is 15.6. The van der Waals surface area contributed by atoms with E-state index in [0.717, 1.165) is 16.9 Å². The zero-order valence-electron chi connectivity index (χ0n) is 11.1. The molecule has 0 aromatic heterocycles. The van der Waals surface area contributed by atoms with Crippen molar-refractivity contribution in [1.82, 2.24) is 0 Å². The summed E-state index contributed by atoms with van der Waals surface area (Å²) in [7, 11) is 4.73. The molecule has 2 aromatic rings. The number of methoxy groups -OCH3 is 3. The van der Waals surface area contributed by atoms with Crippen LogP contribution in [0, 0.1) is 0 Å². The van der Waals surface area contributed by atoms with Crippen molar-refractivity contribution in [3.05, 3.63) is 36.4 Å². The second-order valence-corrected chi connectivity index (χ2v) is 3.95. The number of hydrogen-bond donors (Lipinski definition) is 1. The van der Waals surface area contributed by atoms with Crippen molar-refractivity contribution in [3.63, 3.8) is 0 Å². The fraction of sp³-hybridized carbons (Fsp3) is 0.200. The van der Waals surface area contributed by atoms with E-state index >= 15 is 0 Å². The second-order valence-electron chi connectivity index (χ2n) is 3.95. The van der Waals surface area contributed by atoms with E-state index in [4.69, 9.17) is 14.2 Å². The van der Waals surface area contributed by atoms with Crippen LogP contribution in [-0.2, 0) is 0 Å². The smallest absolute Gasteiger partial charge is 0.160 e. The Kier molecular flexibility index (Phi) is 3.80. The van der Waals surface area contributed by atoms with Crippen LogP contribution >= 0.6 is 0 Å². The van der Waals surface area contributed by atoms with E-state index in [1.807, 2.05) is 24.3 Å². The maximum atomic E-state index is 9.85. The Labute approximate surface area is 112 Å². The topological polar surface area (TPSA) is 47.9 Å². The van der Waals surface area contributed by atoms with Gasteiger partial charge < -0.3 is 19.3 Å². The first-order chi connectivity index (χ1) is 9.19. The van der Waals surface area contributed by atoms with Crippen LogP contribution in [0.1, 0.15) is 0 Å². The minimum atomic E-state index is 0.0878. The van der Waals surface area contributed by atoms with Crippen LogP contribution in [0.2, 0.25) is 0 Å². The van der Waals surface area contributed by atoms with E-state index in [1.165, 1.54) is 7.11 Å². The van der Waals surface area contributed by atoms with Gasteiger partial charge in [-0.1, -0.05) is 6.07 Å². The third-order valence-corrected chi connectivity index (χ3v) is 2.90. The van der Waals surface area contributed by atoms with Gasteiger partial charge in [0, 0.05) is 5.56 Å². The summed E-state index contributed by atoms with van der Waals surface area (Å²) in [5.74, 6) is 1.96. The van der Waals surface area contributed by atoms with Crippen LogP contribution < -0.4 is 14.2 Å². The highest BCUT2D eigenvalue weighted by molar-refractivity contribution is 5.74. The minimum Gasteiger partial charge on any atom is -0.504 e. The van der Waals surface area contributed by atoms with Crippen LogP contribution in [-0.4, -0.2) is 26.4 Å². The van der Waals surface area contributed by atoms with Gasteiger partial charge in [-0.15, -0.1) is 0 Å². The molecule has 2 aromatic carbocycles. The van der Waals surface area contributed by atoms with Gasteiger partial charge in [-0.3, -0.25) is 0 Å². The van der Waals surface area contributed by atoms with Crippen molar-refractivity contribution >= 4 is 0 Å². The van der Waals surface area contributed by atoms with Crippen LogP contribution in [0.4, 0.5) is 0 Å². The largest absolute Gasteiger partial charge is 0.504 e. The number of ether oxygens (including phenoxy) is 3. The third-order valence-electron chi connectivity index (χ3n) is 2.90. The molecule has 0 aliphatic rings. The molecule has 0 saturated carbocycles. The zero-order chi connectivity index (χ0) is 13.8. The molecular formula is C15H16O4. The average molecular weight is 260 g/mol. The maximum Gasteiger partial charge on any atom is 0.160 e. The van der Waals surface area contributed by atoms with Crippen LogP contribution in [0.5, 0.6) is 23.0 Å². The molecule has 0 spiro atoms. The molecule has 19 heavy (non-hydrogen) atoms. The Morgan fingerprint density at radius 2 is 1.47 bits per heavy atom. The molecule has 1 N–H and O–H groups in total. The van der Waals surface area contributed by atoms with Crippen LogP contribution in [0.3, 0.4) is 0 Å². The van der Waals surface area contributed by atoms with E-state index in [-0.39, 0.29) is 5.75 Å². The Bertz CT molecular complexity index is 578. The minimum absolute atomic E-state index is 0.0878. The van der Waals surface area contributed by atoms with Gasteiger partial charge in [-0.25, -0.2) is 0 Å². The van der Waals surface area contributed by atoms with E-state index in [0.29, 0.717) is 11.5 Å². The summed E-state index contributed by atoms with van der Waals surface area (Å²) in [6, 6.07) is 10.7.